The molecule has 1 saturated heterocycles. The number of methoxy groups -OCH3 is 1. The Bertz CT molecular complexity index is 852. The van der Waals surface area contributed by atoms with E-state index < -0.39 is 0 Å². The summed E-state index contributed by atoms with van der Waals surface area (Å²) < 4.78 is 11.7. The Morgan fingerprint density at radius 2 is 1.90 bits per heavy atom. The Hall–Kier alpha value is -2.05. The fourth-order valence-electron chi connectivity index (χ4n) is 4.57. The van der Waals surface area contributed by atoms with Gasteiger partial charge in [0.2, 0.25) is 0 Å². The zero-order valence-corrected chi connectivity index (χ0v) is 18.8. The van der Waals surface area contributed by atoms with Crippen LogP contribution in [0.4, 0.5) is 0 Å². The molecular weight excluding hydrogens is 396 g/mol. The lowest BCUT2D eigenvalue weighted by Gasteiger charge is -2.36. The van der Waals surface area contributed by atoms with Gasteiger partial charge in [-0.25, -0.2) is 0 Å². The van der Waals surface area contributed by atoms with Crippen LogP contribution < -0.4 is 14.8 Å². The number of amides is 1. The number of nitrogens with zero attached hydrogens (tertiary/aromatic N) is 1. The third-order valence-corrected chi connectivity index (χ3v) is 7.26. The molecule has 1 aromatic heterocycles. The number of carbonyl (C=O) groups is 1. The van der Waals surface area contributed by atoms with E-state index in [9.17, 15) is 4.79 Å². The van der Waals surface area contributed by atoms with E-state index in [4.69, 9.17) is 9.47 Å². The van der Waals surface area contributed by atoms with Crippen molar-refractivity contribution in [1.82, 2.24) is 10.2 Å². The summed E-state index contributed by atoms with van der Waals surface area (Å²) in [7, 11) is 1.62. The van der Waals surface area contributed by atoms with Gasteiger partial charge in [-0.1, -0.05) is 12.8 Å². The van der Waals surface area contributed by atoms with E-state index in [1.807, 2.05) is 12.1 Å². The second kappa shape index (κ2) is 9.84. The maximum Gasteiger partial charge on any atom is 0.255 e. The molecule has 1 aromatic carbocycles. The van der Waals surface area contributed by atoms with Crippen LogP contribution >= 0.6 is 11.3 Å². The standard InChI is InChI=1S/C24H32N2O3S/c1-17-7-9-21(30-17)16-25-24(27)22-15-20(28-2)8-10-23(22)29-19-11-13-26(14-12-19)18-5-3-4-6-18/h7-10,15,18-19H,3-6,11-14,16H2,1-2H3,(H,25,27). The molecule has 30 heavy (non-hydrogen) atoms. The van der Waals surface area contributed by atoms with Crippen molar-refractivity contribution in [3.8, 4) is 11.5 Å². The number of piperidine rings is 1. The molecule has 0 bridgehead atoms. The summed E-state index contributed by atoms with van der Waals surface area (Å²) in [5.74, 6) is 1.18. The average molecular weight is 429 g/mol. The van der Waals surface area contributed by atoms with Crippen molar-refractivity contribution >= 4 is 17.2 Å². The van der Waals surface area contributed by atoms with Gasteiger partial charge in [0.1, 0.15) is 17.6 Å². The van der Waals surface area contributed by atoms with Crippen LogP contribution in [0.15, 0.2) is 30.3 Å². The van der Waals surface area contributed by atoms with Gasteiger partial charge >= 0.3 is 0 Å². The highest BCUT2D eigenvalue weighted by Crippen LogP contribution is 2.30. The van der Waals surface area contributed by atoms with Crippen LogP contribution in [0, 0.1) is 6.92 Å². The van der Waals surface area contributed by atoms with Crippen LogP contribution in [-0.2, 0) is 6.54 Å². The van der Waals surface area contributed by atoms with Gasteiger partial charge in [-0.05, 0) is 62.9 Å². The summed E-state index contributed by atoms with van der Waals surface area (Å²) in [6.07, 6.45) is 7.61. The second-order valence-electron chi connectivity index (χ2n) is 8.35. The first-order chi connectivity index (χ1) is 14.6. The third-order valence-electron chi connectivity index (χ3n) is 6.26. The van der Waals surface area contributed by atoms with E-state index in [1.54, 1.807) is 24.5 Å². The molecule has 1 N–H and O–H groups in total. The molecule has 1 saturated carbocycles. The molecule has 4 rings (SSSR count). The molecule has 0 atom stereocenters. The lowest BCUT2D eigenvalue weighted by atomic mass is 10.0. The Morgan fingerprint density at radius 3 is 2.57 bits per heavy atom. The molecule has 5 nitrogen and oxygen atoms in total. The highest BCUT2D eigenvalue weighted by atomic mass is 32.1. The van der Waals surface area contributed by atoms with Gasteiger partial charge in [0.15, 0.2) is 0 Å². The number of hydrogen-bond acceptors (Lipinski definition) is 5. The van der Waals surface area contributed by atoms with Gasteiger partial charge in [-0.15, -0.1) is 11.3 Å². The number of aryl methyl sites for hydroxylation is 1. The first kappa shape index (κ1) is 21.2. The highest BCUT2D eigenvalue weighted by molar-refractivity contribution is 7.11. The fraction of sp³-hybridized carbons (Fsp3) is 0.542. The second-order valence-corrected chi connectivity index (χ2v) is 9.72. The number of hydrogen-bond donors (Lipinski definition) is 1. The molecule has 1 aliphatic carbocycles. The molecule has 162 valence electrons. The summed E-state index contributed by atoms with van der Waals surface area (Å²) >= 11 is 1.70. The molecule has 1 amide bonds. The lowest BCUT2D eigenvalue weighted by Crippen LogP contribution is -2.43. The number of carbonyl (C=O) groups excluding carboxylic acids is 1. The molecule has 2 heterocycles. The Kier molecular flexibility index (Phi) is 6.95. The van der Waals surface area contributed by atoms with Crippen molar-refractivity contribution < 1.29 is 14.3 Å². The van der Waals surface area contributed by atoms with Crippen molar-refractivity contribution in [3.05, 3.63) is 45.6 Å². The van der Waals surface area contributed by atoms with Gasteiger partial charge < -0.3 is 19.7 Å². The largest absolute Gasteiger partial charge is 0.497 e. The topological polar surface area (TPSA) is 50.8 Å². The van der Waals surface area contributed by atoms with Crippen LogP contribution in [0.25, 0.3) is 0 Å². The number of benzene rings is 1. The zero-order valence-electron chi connectivity index (χ0n) is 18.0. The first-order valence-corrected chi connectivity index (χ1v) is 11.9. The van der Waals surface area contributed by atoms with Crippen LogP contribution in [0.5, 0.6) is 11.5 Å². The van der Waals surface area contributed by atoms with E-state index >= 15 is 0 Å². The van der Waals surface area contributed by atoms with E-state index in [1.165, 1.54) is 30.6 Å². The Balaban J connectivity index is 1.39. The molecule has 6 heteroatoms. The van der Waals surface area contributed by atoms with Gasteiger partial charge in [-0.3, -0.25) is 4.79 Å². The third kappa shape index (κ3) is 5.16. The fourth-order valence-corrected chi connectivity index (χ4v) is 5.40. The predicted octanol–water partition coefficient (Wildman–Crippen LogP) is 4.78. The molecule has 0 spiro atoms. The van der Waals surface area contributed by atoms with E-state index in [0.717, 1.165) is 36.9 Å². The molecule has 0 unspecified atom stereocenters. The van der Waals surface area contributed by atoms with E-state index in [0.29, 0.717) is 23.6 Å². The summed E-state index contributed by atoms with van der Waals surface area (Å²) in [5, 5.41) is 3.03. The molecule has 2 aromatic rings. The Morgan fingerprint density at radius 1 is 1.13 bits per heavy atom. The van der Waals surface area contributed by atoms with Crippen molar-refractivity contribution in [2.24, 2.45) is 0 Å². The van der Waals surface area contributed by atoms with Crippen LogP contribution in [-0.4, -0.2) is 43.2 Å². The van der Waals surface area contributed by atoms with Crippen LogP contribution in [0.1, 0.15) is 58.6 Å². The lowest BCUT2D eigenvalue weighted by molar-refractivity contribution is 0.0749. The zero-order chi connectivity index (χ0) is 20.9. The van der Waals surface area contributed by atoms with Gasteiger partial charge in [0, 0.05) is 28.9 Å². The van der Waals surface area contributed by atoms with Crippen LogP contribution in [0.2, 0.25) is 0 Å². The predicted molar refractivity (Wildman–Crippen MR) is 121 cm³/mol. The van der Waals surface area contributed by atoms with Gasteiger partial charge in [0.25, 0.3) is 5.91 Å². The molecule has 2 fully saturated rings. The SMILES string of the molecule is COc1ccc(OC2CCN(C3CCCC3)CC2)c(C(=O)NCc2ccc(C)s2)c1. The number of nitrogens with one attached hydrogen (secondary N) is 1. The summed E-state index contributed by atoms with van der Waals surface area (Å²) in [5.41, 5.74) is 0.542. The molecule has 2 aliphatic rings. The summed E-state index contributed by atoms with van der Waals surface area (Å²) in [6.45, 7) is 4.77. The minimum absolute atomic E-state index is 0.127. The maximum atomic E-state index is 12.9. The number of likely N-dealkylation sites (tertiary alicyclic amines) is 1. The van der Waals surface area contributed by atoms with Gasteiger partial charge in [0.05, 0.1) is 19.2 Å². The minimum atomic E-state index is -0.127. The summed E-state index contributed by atoms with van der Waals surface area (Å²) in [6, 6.07) is 10.4. The van der Waals surface area contributed by atoms with Crippen molar-refractivity contribution in [3.63, 3.8) is 0 Å². The van der Waals surface area contributed by atoms with Gasteiger partial charge in [-0.2, -0.15) is 0 Å². The van der Waals surface area contributed by atoms with Crippen LogP contribution in [0.3, 0.4) is 0 Å². The quantitative estimate of drug-likeness (QED) is 0.689. The average Bonchev–Trinajstić information content (AvgIpc) is 3.45. The van der Waals surface area contributed by atoms with Crippen molar-refractivity contribution in [1.29, 1.82) is 0 Å². The highest BCUT2D eigenvalue weighted by Gasteiger charge is 2.28. The van der Waals surface area contributed by atoms with E-state index in [-0.39, 0.29) is 12.0 Å². The number of ether oxygens (including phenoxy) is 2. The summed E-state index contributed by atoms with van der Waals surface area (Å²) in [4.78, 5) is 18.0. The van der Waals surface area contributed by atoms with E-state index in [2.05, 4.69) is 29.3 Å². The molecular formula is C24H32N2O3S. The Labute approximate surface area is 183 Å². The molecule has 0 radical (unpaired) electrons. The van der Waals surface area contributed by atoms with Crippen molar-refractivity contribution in [2.45, 2.75) is 64.1 Å². The first-order valence-electron chi connectivity index (χ1n) is 11.0. The monoisotopic (exact) mass is 428 g/mol. The maximum absolute atomic E-state index is 12.9. The minimum Gasteiger partial charge on any atom is -0.497 e. The number of rotatable bonds is 7. The van der Waals surface area contributed by atoms with Crippen molar-refractivity contribution in [2.75, 3.05) is 20.2 Å². The smallest absolute Gasteiger partial charge is 0.255 e. The normalized spacial score (nSPS) is 18.5. The number of thiophene rings is 1. The molecule has 1 aliphatic heterocycles.